The first kappa shape index (κ1) is 12.4. The SMILES string of the molecule is CCC1CCCCC1NCC1CCC(O)C1. The molecule has 0 radical (unpaired) electrons. The van der Waals surface area contributed by atoms with E-state index in [-0.39, 0.29) is 6.10 Å². The Bertz CT molecular complexity index is 207. The molecule has 2 fully saturated rings. The van der Waals surface area contributed by atoms with Gasteiger partial charge in [0, 0.05) is 6.04 Å². The molecule has 4 unspecified atom stereocenters. The van der Waals surface area contributed by atoms with Crippen molar-refractivity contribution in [2.75, 3.05) is 6.54 Å². The molecule has 4 atom stereocenters. The molecule has 0 saturated heterocycles. The first-order valence-electron chi connectivity index (χ1n) is 7.21. The summed E-state index contributed by atoms with van der Waals surface area (Å²) in [7, 11) is 0. The number of nitrogens with one attached hydrogen (secondary N) is 1. The average Bonchev–Trinajstić information content (AvgIpc) is 2.73. The Hall–Kier alpha value is -0.0800. The van der Waals surface area contributed by atoms with Crippen LogP contribution in [0.2, 0.25) is 0 Å². The van der Waals surface area contributed by atoms with Crippen LogP contribution < -0.4 is 5.32 Å². The third-order valence-corrected chi connectivity index (χ3v) is 4.62. The first-order chi connectivity index (χ1) is 7.79. The minimum absolute atomic E-state index is 0.0138. The van der Waals surface area contributed by atoms with E-state index in [2.05, 4.69) is 12.2 Å². The van der Waals surface area contributed by atoms with Crippen LogP contribution >= 0.6 is 0 Å². The highest BCUT2D eigenvalue weighted by Gasteiger charge is 2.26. The van der Waals surface area contributed by atoms with Gasteiger partial charge in [-0.3, -0.25) is 0 Å². The molecule has 2 heteroatoms. The number of hydrogen-bond donors (Lipinski definition) is 2. The fraction of sp³-hybridized carbons (Fsp3) is 1.00. The van der Waals surface area contributed by atoms with E-state index < -0.39 is 0 Å². The summed E-state index contributed by atoms with van der Waals surface area (Å²) in [5.41, 5.74) is 0. The monoisotopic (exact) mass is 225 g/mol. The van der Waals surface area contributed by atoms with Gasteiger partial charge in [0.25, 0.3) is 0 Å². The zero-order valence-electron chi connectivity index (χ0n) is 10.6. The Morgan fingerprint density at radius 2 is 1.94 bits per heavy atom. The number of rotatable bonds is 4. The van der Waals surface area contributed by atoms with Gasteiger partial charge in [0.05, 0.1) is 6.10 Å². The molecular formula is C14H27NO. The summed E-state index contributed by atoms with van der Waals surface area (Å²) < 4.78 is 0. The van der Waals surface area contributed by atoms with Crippen LogP contribution in [0, 0.1) is 11.8 Å². The summed E-state index contributed by atoms with van der Waals surface area (Å²) in [5.74, 6) is 1.63. The molecule has 2 N–H and O–H groups in total. The zero-order valence-corrected chi connectivity index (χ0v) is 10.6. The lowest BCUT2D eigenvalue weighted by molar-refractivity contribution is 0.175. The molecule has 0 bridgehead atoms. The standard InChI is InChI=1S/C14H27NO/c1-2-12-5-3-4-6-14(12)15-10-11-7-8-13(16)9-11/h11-16H,2-10H2,1H3. The van der Waals surface area contributed by atoms with E-state index in [0.717, 1.165) is 37.3 Å². The van der Waals surface area contributed by atoms with E-state index in [1.807, 2.05) is 0 Å². The quantitative estimate of drug-likeness (QED) is 0.771. The molecule has 0 aromatic carbocycles. The minimum atomic E-state index is -0.0138. The molecule has 2 aliphatic rings. The van der Waals surface area contributed by atoms with Crippen LogP contribution in [-0.4, -0.2) is 23.8 Å². The molecule has 0 aliphatic heterocycles. The van der Waals surface area contributed by atoms with Crippen LogP contribution in [0.1, 0.15) is 58.3 Å². The molecule has 0 aromatic heterocycles. The molecule has 2 nitrogen and oxygen atoms in total. The first-order valence-corrected chi connectivity index (χ1v) is 7.21. The normalized spacial score (nSPS) is 40.1. The van der Waals surface area contributed by atoms with Gasteiger partial charge in [-0.2, -0.15) is 0 Å². The molecule has 0 spiro atoms. The van der Waals surface area contributed by atoms with Crippen molar-refractivity contribution in [3.05, 3.63) is 0 Å². The van der Waals surface area contributed by atoms with Crippen molar-refractivity contribution in [1.29, 1.82) is 0 Å². The third kappa shape index (κ3) is 3.21. The summed E-state index contributed by atoms with van der Waals surface area (Å²) >= 11 is 0. The van der Waals surface area contributed by atoms with E-state index in [0.29, 0.717) is 0 Å². The Morgan fingerprint density at radius 3 is 2.62 bits per heavy atom. The third-order valence-electron chi connectivity index (χ3n) is 4.62. The van der Waals surface area contributed by atoms with Crippen LogP contribution in [0.15, 0.2) is 0 Å². The van der Waals surface area contributed by atoms with Crippen molar-refractivity contribution in [2.24, 2.45) is 11.8 Å². The summed E-state index contributed by atoms with van der Waals surface area (Å²) in [4.78, 5) is 0. The van der Waals surface area contributed by atoms with Crippen molar-refractivity contribution in [3.8, 4) is 0 Å². The van der Waals surface area contributed by atoms with Crippen LogP contribution in [0.25, 0.3) is 0 Å². The summed E-state index contributed by atoms with van der Waals surface area (Å²) in [6, 6.07) is 0.761. The molecule has 0 amide bonds. The van der Waals surface area contributed by atoms with Crippen molar-refractivity contribution < 1.29 is 5.11 Å². The molecule has 16 heavy (non-hydrogen) atoms. The maximum atomic E-state index is 9.51. The Labute approximate surface area is 99.8 Å². The highest BCUT2D eigenvalue weighted by Crippen LogP contribution is 2.29. The predicted molar refractivity (Wildman–Crippen MR) is 67.4 cm³/mol. The summed E-state index contributed by atoms with van der Waals surface area (Å²) in [6.45, 7) is 3.46. The number of aliphatic hydroxyl groups is 1. The van der Waals surface area contributed by atoms with Crippen molar-refractivity contribution in [3.63, 3.8) is 0 Å². The van der Waals surface area contributed by atoms with Crippen LogP contribution in [0.4, 0.5) is 0 Å². The van der Waals surface area contributed by atoms with E-state index >= 15 is 0 Å². The smallest absolute Gasteiger partial charge is 0.0543 e. The van der Waals surface area contributed by atoms with Crippen molar-refractivity contribution in [1.82, 2.24) is 5.32 Å². The number of aliphatic hydroxyl groups excluding tert-OH is 1. The van der Waals surface area contributed by atoms with Gasteiger partial charge in [0.1, 0.15) is 0 Å². The van der Waals surface area contributed by atoms with Gasteiger partial charge in [0.15, 0.2) is 0 Å². The predicted octanol–water partition coefficient (Wildman–Crippen LogP) is 2.71. The second kappa shape index (κ2) is 6.02. The fourth-order valence-electron chi connectivity index (χ4n) is 3.52. The Kier molecular flexibility index (Phi) is 4.66. The molecule has 2 rings (SSSR count). The lowest BCUT2D eigenvalue weighted by Crippen LogP contribution is -2.40. The Morgan fingerprint density at radius 1 is 1.12 bits per heavy atom. The summed E-state index contributed by atoms with van der Waals surface area (Å²) in [5, 5.41) is 13.3. The highest BCUT2D eigenvalue weighted by atomic mass is 16.3. The highest BCUT2D eigenvalue weighted by molar-refractivity contribution is 4.83. The van der Waals surface area contributed by atoms with E-state index in [1.165, 1.54) is 38.5 Å². The molecule has 0 heterocycles. The largest absolute Gasteiger partial charge is 0.393 e. The second-order valence-corrected chi connectivity index (χ2v) is 5.80. The van der Waals surface area contributed by atoms with E-state index in [4.69, 9.17) is 0 Å². The topological polar surface area (TPSA) is 32.3 Å². The average molecular weight is 225 g/mol. The second-order valence-electron chi connectivity index (χ2n) is 5.80. The van der Waals surface area contributed by atoms with Crippen molar-refractivity contribution in [2.45, 2.75) is 70.4 Å². The summed E-state index contributed by atoms with van der Waals surface area (Å²) in [6.07, 6.45) is 10.2. The molecule has 2 aliphatic carbocycles. The van der Waals surface area contributed by atoms with E-state index in [1.54, 1.807) is 0 Å². The van der Waals surface area contributed by atoms with Crippen LogP contribution in [0.5, 0.6) is 0 Å². The fourth-order valence-corrected chi connectivity index (χ4v) is 3.52. The molecule has 0 aromatic rings. The van der Waals surface area contributed by atoms with Crippen LogP contribution in [0.3, 0.4) is 0 Å². The zero-order chi connectivity index (χ0) is 11.4. The maximum absolute atomic E-state index is 9.51. The Balaban J connectivity index is 1.71. The van der Waals surface area contributed by atoms with Gasteiger partial charge < -0.3 is 10.4 Å². The van der Waals surface area contributed by atoms with Crippen LogP contribution in [-0.2, 0) is 0 Å². The van der Waals surface area contributed by atoms with Gasteiger partial charge >= 0.3 is 0 Å². The maximum Gasteiger partial charge on any atom is 0.0543 e. The minimum Gasteiger partial charge on any atom is -0.393 e. The van der Waals surface area contributed by atoms with Crippen molar-refractivity contribution >= 4 is 0 Å². The van der Waals surface area contributed by atoms with E-state index in [9.17, 15) is 5.11 Å². The van der Waals surface area contributed by atoms with Gasteiger partial charge in [-0.05, 0) is 50.5 Å². The number of hydrogen-bond acceptors (Lipinski definition) is 2. The lowest BCUT2D eigenvalue weighted by Gasteiger charge is -2.32. The van der Waals surface area contributed by atoms with Gasteiger partial charge in [-0.25, -0.2) is 0 Å². The molecular weight excluding hydrogens is 198 g/mol. The molecule has 2 saturated carbocycles. The van der Waals surface area contributed by atoms with Gasteiger partial charge in [-0.1, -0.05) is 26.2 Å². The van der Waals surface area contributed by atoms with Gasteiger partial charge in [0.2, 0.25) is 0 Å². The molecule has 94 valence electrons. The lowest BCUT2D eigenvalue weighted by atomic mass is 9.82. The van der Waals surface area contributed by atoms with Gasteiger partial charge in [-0.15, -0.1) is 0 Å².